The minimum atomic E-state index is 0.421. The second kappa shape index (κ2) is 4.44. The van der Waals surface area contributed by atoms with Crippen LogP contribution < -0.4 is 0 Å². The maximum absolute atomic E-state index is 5.50. The molecule has 0 bridgehead atoms. The van der Waals surface area contributed by atoms with Gasteiger partial charge in [0.1, 0.15) is 5.01 Å². The first-order valence-electron chi connectivity index (χ1n) is 4.48. The minimum absolute atomic E-state index is 0.421. The summed E-state index contributed by atoms with van der Waals surface area (Å²) in [6.45, 7) is 3.09. The molecule has 2 rings (SSSR count). The first kappa shape index (κ1) is 9.49. The standard InChI is InChI=1S/C9H13NOS2/c1-7-8(2-4-11-7)13-6-9-10-3-5-12-9/h3,5,7-8H,2,4,6H2,1H3. The quantitative estimate of drug-likeness (QED) is 0.773. The zero-order chi connectivity index (χ0) is 9.10. The molecule has 0 amide bonds. The first-order chi connectivity index (χ1) is 6.36. The molecular weight excluding hydrogens is 202 g/mol. The molecule has 2 atom stereocenters. The number of hydrogen-bond acceptors (Lipinski definition) is 4. The number of thiazole rings is 1. The second-order valence-corrected chi connectivity index (χ2v) is 5.35. The summed E-state index contributed by atoms with van der Waals surface area (Å²) >= 11 is 3.71. The van der Waals surface area contributed by atoms with E-state index < -0.39 is 0 Å². The third-order valence-electron chi connectivity index (χ3n) is 2.21. The zero-order valence-electron chi connectivity index (χ0n) is 7.60. The molecule has 2 nitrogen and oxygen atoms in total. The average molecular weight is 215 g/mol. The third kappa shape index (κ3) is 2.45. The lowest BCUT2D eigenvalue weighted by molar-refractivity contribution is 0.127. The molecule has 1 aromatic heterocycles. The lowest BCUT2D eigenvalue weighted by atomic mass is 10.3. The van der Waals surface area contributed by atoms with Gasteiger partial charge in [0, 0.05) is 29.2 Å². The Labute approximate surface area is 86.7 Å². The van der Waals surface area contributed by atoms with Crippen LogP contribution in [0.1, 0.15) is 18.4 Å². The molecule has 0 saturated carbocycles. The van der Waals surface area contributed by atoms with Crippen molar-refractivity contribution in [3.8, 4) is 0 Å². The molecular formula is C9H13NOS2. The van der Waals surface area contributed by atoms with Gasteiger partial charge in [-0.1, -0.05) is 0 Å². The van der Waals surface area contributed by atoms with Crippen LogP contribution in [0.4, 0.5) is 0 Å². The number of thioether (sulfide) groups is 1. The Morgan fingerprint density at radius 1 is 1.77 bits per heavy atom. The van der Waals surface area contributed by atoms with Gasteiger partial charge in [0.25, 0.3) is 0 Å². The minimum Gasteiger partial charge on any atom is -0.377 e. The molecule has 13 heavy (non-hydrogen) atoms. The highest BCUT2D eigenvalue weighted by atomic mass is 32.2. The van der Waals surface area contributed by atoms with Crippen molar-refractivity contribution in [2.45, 2.75) is 30.5 Å². The summed E-state index contributed by atoms with van der Waals surface area (Å²) in [6, 6.07) is 0. The van der Waals surface area contributed by atoms with E-state index in [4.69, 9.17) is 4.74 Å². The molecule has 1 saturated heterocycles. The number of ether oxygens (including phenoxy) is 1. The SMILES string of the molecule is CC1OCCC1SCc1nccs1. The fraction of sp³-hybridized carbons (Fsp3) is 0.667. The fourth-order valence-electron chi connectivity index (χ4n) is 1.43. The maximum atomic E-state index is 5.50. The molecule has 2 unspecified atom stereocenters. The summed E-state index contributed by atoms with van der Waals surface area (Å²) in [7, 11) is 0. The average Bonchev–Trinajstić information content (AvgIpc) is 2.72. The lowest BCUT2D eigenvalue weighted by Crippen LogP contribution is -2.13. The smallest absolute Gasteiger partial charge is 0.102 e. The van der Waals surface area contributed by atoms with Gasteiger partial charge in [-0.2, -0.15) is 0 Å². The Morgan fingerprint density at radius 2 is 2.69 bits per heavy atom. The van der Waals surface area contributed by atoms with Crippen molar-refractivity contribution in [1.29, 1.82) is 0 Å². The molecule has 0 radical (unpaired) electrons. The summed E-state index contributed by atoms with van der Waals surface area (Å²) in [5.74, 6) is 1.04. The summed E-state index contributed by atoms with van der Waals surface area (Å²) in [5.41, 5.74) is 0. The normalized spacial score (nSPS) is 28.1. The summed E-state index contributed by atoms with van der Waals surface area (Å²) < 4.78 is 5.50. The van der Waals surface area contributed by atoms with Crippen LogP contribution in [0, 0.1) is 0 Å². The van der Waals surface area contributed by atoms with Gasteiger partial charge in [0.15, 0.2) is 0 Å². The molecule has 1 aliphatic rings. The van der Waals surface area contributed by atoms with Crippen LogP contribution >= 0.6 is 23.1 Å². The van der Waals surface area contributed by atoms with Crippen LogP contribution in [0.25, 0.3) is 0 Å². The van der Waals surface area contributed by atoms with Gasteiger partial charge in [0.2, 0.25) is 0 Å². The van der Waals surface area contributed by atoms with Crippen molar-refractivity contribution in [2.75, 3.05) is 6.61 Å². The maximum Gasteiger partial charge on any atom is 0.102 e. The predicted molar refractivity (Wildman–Crippen MR) is 57.2 cm³/mol. The Kier molecular flexibility index (Phi) is 3.24. The van der Waals surface area contributed by atoms with Gasteiger partial charge < -0.3 is 4.74 Å². The van der Waals surface area contributed by atoms with Gasteiger partial charge >= 0.3 is 0 Å². The molecule has 0 aromatic carbocycles. The van der Waals surface area contributed by atoms with E-state index >= 15 is 0 Å². The van der Waals surface area contributed by atoms with E-state index in [0.717, 1.165) is 12.4 Å². The Bertz CT molecular complexity index is 250. The van der Waals surface area contributed by atoms with Crippen LogP contribution in [0.5, 0.6) is 0 Å². The predicted octanol–water partition coefficient (Wildman–Crippen LogP) is 2.55. The van der Waals surface area contributed by atoms with Gasteiger partial charge in [0.05, 0.1) is 6.10 Å². The third-order valence-corrected chi connectivity index (χ3v) is 4.66. The molecule has 1 aliphatic heterocycles. The van der Waals surface area contributed by atoms with Crippen molar-refractivity contribution in [3.05, 3.63) is 16.6 Å². The Morgan fingerprint density at radius 3 is 3.31 bits per heavy atom. The van der Waals surface area contributed by atoms with Crippen molar-refractivity contribution < 1.29 is 4.74 Å². The largest absolute Gasteiger partial charge is 0.377 e. The zero-order valence-corrected chi connectivity index (χ0v) is 9.24. The number of rotatable bonds is 3. The molecule has 4 heteroatoms. The molecule has 0 spiro atoms. The highest BCUT2D eigenvalue weighted by molar-refractivity contribution is 7.99. The van der Waals surface area contributed by atoms with Gasteiger partial charge in [-0.15, -0.1) is 23.1 Å². The Hall–Kier alpha value is -0.0600. The van der Waals surface area contributed by atoms with E-state index in [0.29, 0.717) is 11.4 Å². The van der Waals surface area contributed by atoms with Crippen LogP contribution in [-0.2, 0) is 10.5 Å². The van der Waals surface area contributed by atoms with Gasteiger partial charge in [-0.25, -0.2) is 4.98 Å². The van der Waals surface area contributed by atoms with E-state index in [-0.39, 0.29) is 0 Å². The van der Waals surface area contributed by atoms with Crippen molar-refractivity contribution in [1.82, 2.24) is 4.98 Å². The molecule has 2 heterocycles. The van der Waals surface area contributed by atoms with Crippen molar-refractivity contribution in [2.24, 2.45) is 0 Å². The summed E-state index contributed by atoms with van der Waals surface area (Å²) in [4.78, 5) is 4.26. The summed E-state index contributed by atoms with van der Waals surface area (Å²) in [6.07, 6.45) is 3.48. The fourth-order valence-corrected chi connectivity index (χ4v) is 3.35. The van der Waals surface area contributed by atoms with Gasteiger partial charge in [-0.3, -0.25) is 0 Å². The molecule has 72 valence electrons. The molecule has 1 fully saturated rings. The monoisotopic (exact) mass is 215 g/mol. The first-order valence-corrected chi connectivity index (χ1v) is 6.40. The lowest BCUT2D eigenvalue weighted by Gasteiger charge is -2.11. The highest BCUT2D eigenvalue weighted by Gasteiger charge is 2.24. The number of aromatic nitrogens is 1. The van der Waals surface area contributed by atoms with Crippen LogP contribution in [0.2, 0.25) is 0 Å². The molecule has 1 aromatic rings. The van der Waals surface area contributed by atoms with E-state index in [1.807, 2.05) is 23.3 Å². The molecule has 0 N–H and O–H groups in total. The van der Waals surface area contributed by atoms with E-state index in [1.54, 1.807) is 11.3 Å². The van der Waals surface area contributed by atoms with Crippen molar-refractivity contribution in [3.63, 3.8) is 0 Å². The van der Waals surface area contributed by atoms with Crippen LogP contribution in [-0.4, -0.2) is 22.9 Å². The second-order valence-electron chi connectivity index (χ2n) is 3.14. The van der Waals surface area contributed by atoms with Crippen LogP contribution in [0.3, 0.4) is 0 Å². The van der Waals surface area contributed by atoms with Crippen molar-refractivity contribution >= 4 is 23.1 Å². The number of nitrogens with zero attached hydrogens (tertiary/aromatic N) is 1. The Balaban J connectivity index is 1.79. The van der Waals surface area contributed by atoms with E-state index in [2.05, 4.69) is 11.9 Å². The molecule has 0 aliphatic carbocycles. The number of hydrogen-bond donors (Lipinski definition) is 0. The highest BCUT2D eigenvalue weighted by Crippen LogP contribution is 2.29. The van der Waals surface area contributed by atoms with E-state index in [1.165, 1.54) is 11.4 Å². The topological polar surface area (TPSA) is 22.1 Å². The van der Waals surface area contributed by atoms with Crippen LogP contribution in [0.15, 0.2) is 11.6 Å². The van der Waals surface area contributed by atoms with Gasteiger partial charge in [-0.05, 0) is 13.3 Å². The summed E-state index contributed by atoms with van der Waals surface area (Å²) in [5, 5.41) is 3.93. The van der Waals surface area contributed by atoms with E-state index in [9.17, 15) is 0 Å².